The highest BCUT2D eigenvalue weighted by molar-refractivity contribution is 6.02. The Morgan fingerprint density at radius 2 is 2.00 bits per heavy atom. The molecule has 0 atom stereocenters. The topological polar surface area (TPSA) is 32.3 Å². The van der Waals surface area contributed by atoms with Gasteiger partial charge in [0.15, 0.2) is 0 Å². The van der Waals surface area contributed by atoms with E-state index in [1.54, 1.807) is 0 Å². The Bertz CT molecular complexity index is 504. The second-order valence-corrected chi connectivity index (χ2v) is 5.95. The molecule has 3 rings (SSSR count). The summed E-state index contributed by atoms with van der Waals surface area (Å²) in [6, 6.07) is 4.36. The maximum absolute atomic E-state index is 12.3. The zero-order valence-electron chi connectivity index (χ0n) is 11.8. The zero-order chi connectivity index (χ0) is 13.4. The number of carbonyl (C=O) groups excluding carboxylic acids is 1. The van der Waals surface area contributed by atoms with E-state index < -0.39 is 0 Å². The second-order valence-electron chi connectivity index (χ2n) is 5.95. The lowest BCUT2D eigenvalue weighted by Gasteiger charge is -2.28. The van der Waals surface area contributed by atoms with Crippen molar-refractivity contribution in [1.82, 2.24) is 5.32 Å². The van der Waals surface area contributed by atoms with E-state index in [9.17, 15) is 4.79 Å². The van der Waals surface area contributed by atoms with Crippen LogP contribution in [0.2, 0.25) is 0 Å². The van der Waals surface area contributed by atoms with E-state index in [1.807, 2.05) is 4.90 Å². The lowest BCUT2D eigenvalue weighted by molar-refractivity contribution is -0.117. The molecule has 1 saturated heterocycles. The number of nitrogens with one attached hydrogen (secondary N) is 1. The van der Waals surface area contributed by atoms with Gasteiger partial charge in [0.25, 0.3) is 0 Å². The van der Waals surface area contributed by atoms with Crippen LogP contribution in [-0.4, -0.2) is 25.5 Å². The van der Waals surface area contributed by atoms with Crippen LogP contribution in [0.3, 0.4) is 0 Å². The van der Waals surface area contributed by atoms with E-state index >= 15 is 0 Å². The Morgan fingerprint density at radius 1 is 1.26 bits per heavy atom. The molecule has 2 aliphatic rings. The molecule has 0 unspecified atom stereocenters. The van der Waals surface area contributed by atoms with Gasteiger partial charge in [-0.25, -0.2) is 0 Å². The first-order valence-electron chi connectivity index (χ1n) is 7.26. The first kappa shape index (κ1) is 12.7. The van der Waals surface area contributed by atoms with Crippen molar-refractivity contribution in [2.24, 2.45) is 5.92 Å². The first-order valence-corrected chi connectivity index (χ1v) is 7.26. The average molecular weight is 258 g/mol. The summed E-state index contributed by atoms with van der Waals surface area (Å²) in [5.41, 5.74) is 4.92. The van der Waals surface area contributed by atoms with Gasteiger partial charge in [-0.3, -0.25) is 4.79 Å². The monoisotopic (exact) mass is 258 g/mol. The molecule has 3 heteroatoms. The summed E-state index contributed by atoms with van der Waals surface area (Å²) in [4.78, 5) is 14.3. The molecule has 1 N–H and O–H groups in total. The summed E-state index contributed by atoms with van der Waals surface area (Å²) in [7, 11) is 0. The fourth-order valence-corrected chi connectivity index (χ4v) is 3.35. The summed E-state index contributed by atoms with van der Waals surface area (Å²) in [5.74, 6) is 0.930. The third-order valence-electron chi connectivity index (χ3n) is 4.41. The molecule has 0 bridgehead atoms. The Labute approximate surface area is 115 Å². The standard InChI is InChI=1S/C16H22N2O/c1-11-7-12(2)14-9-16(19)18(15(14)8-11)10-13-3-5-17-6-4-13/h7-8,13,17H,3-6,9-10H2,1-2H3. The van der Waals surface area contributed by atoms with E-state index in [1.165, 1.54) is 35.2 Å². The molecule has 1 fully saturated rings. The molecule has 0 saturated carbocycles. The average Bonchev–Trinajstić information content (AvgIpc) is 2.69. The third kappa shape index (κ3) is 2.39. The summed E-state index contributed by atoms with van der Waals surface area (Å²) in [6.07, 6.45) is 2.96. The largest absolute Gasteiger partial charge is 0.317 e. The van der Waals surface area contributed by atoms with Gasteiger partial charge in [-0.05, 0) is 68.5 Å². The predicted molar refractivity (Wildman–Crippen MR) is 77.6 cm³/mol. The fourth-order valence-electron chi connectivity index (χ4n) is 3.35. The van der Waals surface area contributed by atoms with E-state index in [2.05, 4.69) is 31.3 Å². The fraction of sp³-hybridized carbons (Fsp3) is 0.562. The van der Waals surface area contributed by atoms with E-state index in [0.717, 1.165) is 19.6 Å². The molecule has 1 aromatic carbocycles. The highest BCUT2D eigenvalue weighted by Gasteiger charge is 2.30. The molecule has 0 radical (unpaired) electrons. The van der Waals surface area contributed by atoms with Crippen LogP contribution >= 0.6 is 0 Å². The van der Waals surface area contributed by atoms with Crippen molar-refractivity contribution < 1.29 is 4.79 Å². The molecule has 0 aromatic heterocycles. The molecule has 2 heterocycles. The van der Waals surface area contributed by atoms with Gasteiger partial charge in [0.05, 0.1) is 6.42 Å². The molecule has 0 spiro atoms. The molecule has 102 valence electrons. The third-order valence-corrected chi connectivity index (χ3v) is 4.41. The van der Waals surface area contributed by atoms with Crippen LogP contribution in [0.1, 0.15) is 29.5 Å². The normalized spacial score (nSPS) is 19.9. The Kier molecular flexibility index (Phi) is 3.31. The number of benzene rings is 1. The van der Waals surface area contributed by atoms with Crippen molar-refractivity contribution in [2.75, 3.05) is 24.5 Å². The van der Waals surface area contributed by atoms with Crippen LogP contribution in [0.25, 0.3) is 0 Å². The van der Waals surface area contributed by atoms with Crippen LogP contribution in [0.15, 0.2) is 12.1 Å². The molecule has 3 nitrogen and oxygen atoms in total. The Hall–Kier alpha value is -1.35. The van der Waals surface area contributed by atoms with Gasteiger partial charge in [0.2, 0.25) is 5.91 Å². The second kappa shape index (κ2) is 4.97. The molecule has 2 aliphatic heterocycles. The number of hydrogen-bond acceptors (Lipinski definition) is 2. The van der Waals surface area contributed by atoms with Crippen molar-refractivity contribution >= 4 is 11.6 Å². The number of aryl methyl sites for hydroxylation is 2. The van der Waals surface area contributed by atoms with Crippen molar-refractivity contribution in [3.63, 3.8) is 0 Å². The maximum Gasteiger partial charge on any atom is 0.231 e. The number of anilines is 1. The zero-order valence-corrected chi connectivity index (χ0v) is 11.8. The molecule has 1 aromatic rings. The summed E-state index contributed by atoms with van der Waals surface area (Å²) < 4.78 is 0. The summed E-state index contributed by atoms with van der Waals surface area (Å²) in [5, 5.41) is 3.38. The number of nitrogens with zero attached hydrogens (tertiary/aromatic N) is 1. The lowest BCUT2D eigenvalue weighted by atomic mass is 9.97. The highest BCUT2D eigenvalue weighted by atomic mass is 16.2. The van der Waals surface area contributed by atoms with E-state index in [-0.39, 0.29) is 5.91 Å². The quantitative estimate of drug-likeness (QED) is 0.882. The number of piperidine rings is 1. The Morgan fingerprint density at radius 3 is 2.74 bits per heavy atom. The first-order chi connectivity index (χ1) is 9.15. The molecular formula is C16H22N2O. The van der Waals surface area contributed by atoms with Crippen molar-refractivity contribution in [1.29, 1.82) is 0 Å². The van der Waals surface area contributed by atoms with Gasteiger partial charge < -0.3 is 10.2 Å². The van der Waals surface area contributed by atoms with Crippen LogP contribution < -0.4 is 10.2 Å². The number of carbonyl (C=O) groups is 1. The minimum absolute atomic E-state index is 0.280. The van der Waals surface area contributed by atoms with Crippen molar-refractivity contribution in [3.8, 4) is 0 Å². The van der Waals surface area contributed by atoms with Crippen molar-refractivity contribution in [3.05, 3.63) is 28.8 Å². The van der Waals surface area contributed by atoms with Gasteiger partial charge in [-0.1, -0.05) is 6.07 Å². The van der Waals surface area contributed by atoms with Crippen LogP contribution in [0.5, 0.6) is 0 Å². The SMILES string of the molecule is Cc1cc(C)c2c(c1)N(CC1CCNCC1)C(=O)C2. The van der Waals surface area contributed by atoms with Gasteiger partial charge >= 0.3 is 0 Å². The van der Waals surface area contributed by atoms with E-state index in [0.29, 0.717) is 12.3 Å². The molecule has 0 aliphatic carbocycles. The number of fused-ring (bicyclic) bond motifs is 1. The minimum atomic E-state index is 0.280. The summed E-state index contributed by atoms with van der Waals surface area (Å²) in [6.45, 7) is 7.31. The van der Waals surface area contributed by atoms with Gasteiger partial charge in [0, 0.05) is 12.2 Å². The van der Waals surface area contributed by atoms with Crippen LogP contribution in [0.4, 0.5) is 5.69 Å². The minimum Gasteiger partial charge on any atom is -0.317 e. The molecule has 19 heavy (non-hydrogen) atoms. The lowest BCUT2D eigenvalue weighted by Crippen LogP contribution is -2.37. The van der Waals surface area contributed by atoms with Gasteiger partial charge in [0.1, 0.15) is 0 Å². The smallest absolute Gasteiger partial charge is 0.231 e. The van der Waals surface area contributed by atoms with Gasteiger partial charge in [-0.2, -0.15) is 0 Å². The van der Waals surface area contributed by atoms with Crippen molar-refractivity contribution in [2.45, 2.75) is 33.1 Å². The summed E-state index contributed by atoms with van der Waals surface area (Å²) >= 11 is 0. The number of hydrogen-bond donors (Lipinski definition) is 1. The molecular weight excluding hydrogens is 236 g/mol. The maximum atomic E-state index is 12.3. The highest BCUT2D eigenvalue weighted by Crippen LogP contribution is 2.33. The predicted octanol–water partition coefficient (Wildman–Crippen LogP) is 2.19. The van der Waals surface area contributed by atoms with Crippen LogP contribution in [0, 0.1) is 19.8 Å². The van der Waals surface area contributed by atoms with Crippen LogP contribution in [-0.2, 0) is 11.2 Å². The Balaban J connectivity index is 1.85. The van der Waals surface area contributed by atoms with E-state index in [4.69, 9.17) is 0 Å². The van der Waals surface area contributed by atoms with Gasteiger partial charge in [-0.15, -0.1) is 0 Å². The molecule has 1 amide bonds. The number of rotatable bonds is 2. The number of amides is 1.